The molecular formula is C23H24N4O2. The smallest absolute Gasteiger partial charge is 0.257 e. The third kappa shape index (κ3) is 4.92. The van der Waals surface area contributed by atoms with Crippen molar-refractivity contribution >= 4 is 17.4 Å². The van der Waals surface area contributed by atoms with E-state index in [9.17, 15) is 9.90 Å². The molecule has 0 saturated carbocycles. The van der Waals surface area contributed by atoms with Crippen LogP contribution in [0, 0.1) is 0 Å². The Morgan fingerprint density at radius 2 is 1.97 bits per heavy atom. The Balaban J connectivity index is 1.31. The number of hydrogen-bond acceptors (Lipinski definition) is 5. The van der Waals surface area contributed by atoms with Crippen LogP contribution >= 0.6 is 0 Å². The van der Waals surface area contributed by atoms with Gasteiger partial charge in [0.05, 0.1) is 5.56 Å². The number of phenolic OH excluding ortho intramolecular Hbond substituents is 1. The Hall–Kier alpha value is -3.38. The van der Waals surface area contributed by atoms with Crippen LogP contribution in [0.25, 0.3) is 0 Å². The first-order valence-corrected chi connectivity index (χ1v) is 9.76. The zero-order valence-electron chi connectivity index (χ0n) is 16.1. The van der Waals surface area contributed by atoms with Gasteiger partial charge in [0.25, 0.3) is 5.91 Å². The molecule has 1 aliphatic heterocycles. The summed E-state index contributed by atoms with van der Waals surface area (Å²) >= 11 is 0. The molecule has 3 aromatic rings. The van der Waals surface area contributed by atoms with E-state index in [4.69, 9.17) is 0 Å². The number of hydrogen-bond donors (Lipinski definition) is 3. The lowest BCUT2D eigenvalue weighted by molar-refractivity contribution is 0.102. The number of para-hydroxylation sites is 1. The SMILES string of the molecule is O=C(Nc1ccccc1)c1ccc(N2CC[C@@H](NCc3cccc(O)c3)C2)nc1. The van der Waals surface area contributed by atoms with Crippen LogP contribution in [0.4, 0.5) is 11.5 Å². The number of aromatic nitrogens is 1. The number of nitrogens with zero attached hydrogens (tertiary/aromatic N) is 2. The largest absolute Gasteiger partial charge is 0.508 e. The van der Waals surface area contributed by atoms with Crippen LogP contribution in [0.2, 0.25) is 0 Å². The molecule has 4 rings (SSSR count). The van der Waals surface area contributed by atoms with Crippen LogP contribution in [0.5, 0.6) is 5.75 Å². The monoisotopic (exact) mass is 388 g/mol. The van der Waals surface area contributed by atoms with Crippen molar-refractivity contribution in [3.05, 3.63) is 84.1 Å². The van der Waals surface area contributed by atoms with Crippen molar-refractivity contribution in [2.75, 3.05) is 23.3 Å². The topological polar surface area (TPSA) is 77.5 Å². The minimum absolute atomic E-state index is 0.165. The van der Waals surface area contributed by atoms with Gasteiger partial charge < -0.3 is 20.6 Å². The molecule has 1 fully saturated rings. The summed E-state index contributed by atoms with van der Waals surface area (Å²) in [6.07, 6.45) is 2.65. The normalized spacial score (nSPS) is 16.0. The predicted molar refractivity (Wildman–Crippen MR) is 114 cm³/mol. The minimum Gasteiger partial charge on any atom is -0.508 e. The average molecular weight is 388 g/mol. The highest BCUT2D eigenvalue weighted by atomic mass is 16.3. The van der Waals surface area contributed by atoms with E-state index in [0.29, 0.717) is 11.6 Å². The third-order valence-electron chi connectivity index (χ3n) is 5.06. The van der Waals surface area contributed by atoms with Crippen LogP contribution in [0.3, 0.4) is 0 Å². The van der Waals surface area contributed by atoms with Gasteiger partial charge >= 0.3 is 0 Å². The molecule has 0 spiro atoms. The van der Waals surface area contributed by atoms with E-state index < -0.39 is 0 Å². The van der Waals surface area contributed by atoms with E-state index in [1.54, 1.807) is 18.3 Å². The summed E-state index contributed by atoms with van der Waals surface area (Å²) in [5.41, 5.74) is 2.37. The molecule has 2 heterocycles. The molecule has 1 aliphatic rings. The van der Waals surface area contributed by atoms with Crippen molar-refractivity contribution in [1.82, 2.24) is 10.3 Å². The highest BCUT2D eigenvalue weighted by molar-refractivity contribution is 6.04. The summed E-state index contributed by atoms with van der Waals surface area (Å²) in [6, 6.07) is 20.8. The van der Waals surface area contributed by atoms with Gasteiger partial charge in [-0.3, -0.25) is 4.79 Å². The van der Waals surface area contributed by atoms with Crippen LogP contribution in [0.1, 0.15) is 22.3 Å². The fraction of sp³-hybridized carbons (Fsp3) is 0.217. The number of carbonyl (C=O) groups is 1. The second-order valence-corrected chi connectivity index (χ2v) is 7.21. The molecule has 148 valence electrons. The van der Waals surface area contributed by atoms with E-state index in [2.05, 4.69) is 20.5 Å². The second kappa shape index (κ2) is 8.75. The summed E-state index contributed by atoms with van der Waals surface area (Å²) in [4.78, 5) is 19.1. The van der Waals surface area contributed by atoms with Gasteiger partial charge in [-0.1, -0.05) is 30.3 Å². The zero-order chi connectivity index (χ0) is 20.1. The highest BCUT2D eigenvalue weighted by Crippen LogP contribution is 2.19. The first-order chi connectivity index (χ1) is 14.2. The second-order valence-electron chi connectivity index (χ2n) is 7.21. The molecule has 1 saturated heterocycles. The summed E-state index contributed by atoms with van der Waals surface area (Å²) < 4.78 is 0. The lowest BCUT2D eigenvalue weighted by Gasteiger charge is -2.18. The first kappa shape index (κ1) is 19.0. The Morgan fingerprint density at radius 1 is 1.10 bits per heavy atom. The van der Waals surface area contributed by atoms with E-state index >= 15 is 0 Å². The Labute approximate surface area is 170 Å². The van der Waals surface area contributed by atoms with Crippen molar-refractivity contribution in [2.24, 2.45) is 0 Å². The van der Waals surface area contributed by atoms with Crippen LogP contribution < -0.4 is 15.5 Å². The van der Waals surface area contributed by atoms with Gasteiger partial charge in [0.1, 0.15) is 11.6 Å². The highest BCUT2D eigenvalue weighted by Gasteiger charge is 2.23. The van der Waals surface area contributed by atoms with Crippen LogP contribution in [-0.4, -0.2) is 35.1 Å². The number of phenols is 1. The van der Waals surface area contributed by atoms with Crippen molar-refractivity contribution < 1.29 is 9.90 Å². The number of amides is 1. The molecule has 2 aromatic carbocycles. The molecule has 0 unspecified atom stereocenters. The van der Waals surface area contributed by atoms with Gasteiger partial charge in [-0.2, -0.15) is 0 Å². The van der Waals surface area contributed by atoms with Crippen molar-refractivity contribution in [3.8, 4) is 5.75 Å². The van der Waals surface area contributed by atoms with Gasteiger partial charge in [0.2, 0.25) is 0 Å². The molecule has 6 nitrogen and oxygen atoms in total. The van der Waals surface area contributed by atoms with Crippen LogP contribution in [0.15, 0.2) is 72.9 Å². The maximum Gasteiger partial charge on any atom is 0.257 e. The Morgan fingerprint density at radius 3 is 2.72 bits per heavy atom. The molecule has 6 heteroatoms. The van der Waals surface area contributed by atoms with Crippen LogP contribution in [-0.2, 0) is 6.54 Å². The summed E-state index contributed by atoms with van der Waals surface area (Å²) in [7, 11) is 0. The van der Waals surface area contributed by atoms with Gasteiger partial charge in [-0.25, -0.2) is 4.98 Å². The van der Waals surface area contributed by atoms with Crippen molar-refractivity contribution in [3.63, 3.8) is 0 Å². The fourth-order valence-corrected chi connectivity index (χ4v) is 3.50. The summed E-state index contributed by atoms with van der Waals surface area (Å²) in [5.74, 6) is 1.00. The molecule has 1 aromatic heterocycles. The number of nitrogens with one attached hydrogen (secondary N) is 2. The van der Waals surface area contributed by atoms with Gasteiger partial charge in [0, 0.05) is 37.6 Å². The molecule has 1 atom stereocenters. The van der Waals surface area contributed by atoms with Crippen molar-refractivity contribution in [1.29, 1.82) is 0 Å². The number of benzene rings is 2. The standard InChI is InChI=1S/C23H24N4O2/c28-21-8-4-5-17(13-21)14-24-20-11-12-27(16-20)22-10-9-18(15-25-22)23(29)26-19-6-2-1-3-7-19/h1-10,13,15,20,24,28H,11-12,14,16H2,(H,26,29)/t20-/m1/s1. The molecule has 29 heavy (non-hydrogen) atoms. The predicted octanol–water partition coefficient (Wildman–Crippen LogP) is 3.41. The maximum absolute atomic E-state index is 12.4. The first-order valence-electron chi connectivity index (χ1n) is 9.76. The van der Waals surface area contributed by atoms with E-state index in [0.717, 1.165) is 43.1 Å². The number of pyridine rings is 1. The average Bonchev–Trinajstić information content (AvgIpc) is 3.22. The quantitative estimate of drug-likeness (QED) is 0.603. The Kier molecular flexibility index (Phi) is 5.72. The van der Waals surface area contributed by atoms with Gasteiger partial charge in [-0.15, -0.1) is 0 Å². The Bertz CT molecular complexity index is 960. The molecule has 0 radical (unpaired) electrons. The minimum atomic E-state index is -0.165. The molecule has 3 N–H and O–H groups in total. The summed E-state index contributed by atoms with van der Waals surface area (Å²) in [5, 5.41) is 16.0. The number of carbonyl (C=O) groups excluding carboxylic acids is 1. The number of rotatable bonds is 6. The summed E-state index contributed by atoms with van der Waals surface area (Å²) in [6.45, 7) is 2.50. The molecular weight excluding hydrogens is 364 g/mol. The third-order valence-corrected chi connectivity index (χ3v) is 5.06. The van der Waals surface area contributed by atoms with E-state index in [1.807, 2.05) is 54.6 Å². The number of aromatic hydroxyl groups is 1. The lowest BCUT2D eigenvalue weighted by Crippen LogP contribution is -2.32. The molecule has 0 aliphatic carbocycles. The van der Waals surface area contributed by atoms with Gasteiger partial charge in [0.15, 0.2) is 0 Å². The fourth-order valence-electron chi connectivity index (χ4n) is 3.50. The lowest BCUT2D eigenvalue weighted by atomic mass is 10.2. The molecule has 0 bridgehead atoms. The maximum atomic E-state index is 12.4. The van der Waals surface area contributed by atoms with Crippen molar-refractivity contribution in [2.45, 2.75) is 19.0 Å². The van der Waals surface area contributed by atoms with Gasteiger partial charge in [-0.05, 0) is 48.4 Å². The van der Waals surface area contributed by atoms with E-state index in [1.165, 1.54) is 0 Å². The number of anilines is 2. The molecule has 1 amide bonds. The van der Waals surface area contributed by atoms with E-state index in [-0.39, 0.29) is 11.7 Å². The zero-order valence-corrected chi connectivity index (χ0v) is 16.1.